The summed E-state index contributed by atoms with van der Waals surface area (Å²) in [5, 5.41) is 2.73. The number of rotatable bonds is 8. The van der Waals surface area contributed by atoms with Gasteiger partial charge in [-0.25, -0.2) is 9.18 Å². The van der Waals surface area contributed by atoms with Crippen molar-refractivity contribution < 1.29 is 18.8 Å². The fraction of sp³-hybridized carbons (Fsp3) is 0.550. The molecule has 4 amide bonds. The van der Waals surface area contributed by atoms with Gasteiger partial charge >= 0.3 is 6.03 Å². The van der Waals surface area contributed by atoms with E-state index in [1.165, 1.54) is 24.3 Å². The van der Waals surface area contributed by atoms with Crippen LogP contribution in [0, 0.1) is 11.7 Å². The van der Waals surface area contributed by atoms with Crippen LogP contribution in [0.2, 0.25) is 0 Å². The molecule has 1 aromatic carbocycles. The molecule has 0 unspecified atom stereocenters. The molecule has 0 aromatic heterocycles. The molecule has 2 aliphatic rings. The predicted molar refractivity (Wildman–Crippen MR) is 98.2 cm³/mol. The van der Waals surface area contributed by atoms with Gasteiger partial charge in [-0.15, -0.1) is 0 Å². The molecule has 27 heavy (non-hydrogen) atoms. The molecule has 1 aromatic rings. The van der Waals surface area contributed by atoms with Crippen LogP contribution in [0.4, 0.5) is 9.18 Å². The Morgan fingerprint density at radius 1 is 1.26 bits per heavy atom. The molecule has 1 N–H and O–H groups in total. The van der Waals surface area contributed by atoms with Crippen molar-refractivity contribution in [2.75, 3.05) is 19.6 Å². The van der Waals surface area contributed by atoms with Crippen LogP contribution in [-0.4, -0.2) is 47.3 Å². The highest BCUT2D eigenvalue weighted by Crippen LogP contribution is 2.33. The fourth-order valence-electron chi connectivity index (χ4n) is 3.58. The summed E-state index contributed by atoms with van der Waals surface area (Å²) in [5.41, 5.74) is -0.736. The second kappa shape index (κ2) is 7.66. The van der Waals surface area contributed by atoms with Crippen LogP contribution < -0.4 is 5.32 Å². The minimum atomic E-state index is -1.25. The van der Waals surface area contributed by atoms with Gasteiger partial charge in [0.15, 0.2) is 0 Å². The maximum atomic E-state index is 13.3. The van der Waals surface area contributed by atoms with E-state index in [4.69, 9.17) is 0 Å². The van der Waals surface area contributed by atoms with Crippen molar-refractivity contribution in [3.05, 3.63) is 35.6 Å². The second-order valence-electron chi connectivity index (χ2n) is 7.37. The average molecular weight is 375 g/mol. The molecular formula is C20H26FN3O3. The minimum absolute atomic E-state index is 0.210. The van der Waals surface area contributed by atoms with Crippen LogP contribution in [0.15, 0.2) is 24.3 Å². The highest BCUT2D eigenvalue weighted by molar-refractivity contribution is 6.09. The number of carbonyl (C=O) groups is 3. The Balaban J connectivity index is 1.78. The van der Waals surface area contributed by atoms with E-state index in [-0.39, 0.29) is 12.5 Å². The molecule has 0 bridgehead atoms. The van der Waals surface area contributed by atoms with Gasteiger partial charge in [-0.05, 0) is 49.3 Å². The largest absolute Gasteiger partial charge is 0.341 e. The van der Waals surface area contributed by atoms with Gasteiger partial charge in [0.2, 0.25) is 5.91 Å². The number of amides is 4. The van der Waals surface area contributed by atoms with Crippen molar-refractivity contribution in [3.63, 3.8) is 0 Å². The first-order valence-corrected chi connectivity index (χ1v) is 9.59. The van der Waals surface area contributed by atoms with Gasteiger partial charge in [0.05, 0.1) is 0 Å². The van der Waals surface area contributed by atoms with E-state index in [1.54, 1.807) is 11.8 Å². The smallest absolute Gasteiger partial charge is 0.325 e. The summed E-state index contributed by atoms with van der Waals surface area (Å²) < 4.78 is 13.3. The third-order valence-corrected chi connectivity index (χ3v) is 5.36. The molecule has 0 radical (unpaired) electrons. The monoisotopic (exact) mass is 375 g/mol. The maximum absolute atomic E-state index is 13.3. The van der Waals surface area contributed by atoms with E-state index >= 15 is 0 Å². The van der Waals surface area contributed by atoms with Crippen molar-refractivity contribution in [1.29, 1.82) is 0 Å². The van der Waals surface area contributed by atoms with Crippen LogP contribution >= 0.6 is 0 Å². The molecule has 2 fully saturated rings. The summed E-state index contributed by atoms with van der Waals surface area (Å²) in [4.78, 5) is 41.1. The number of benzene rings is 1. The number of nitrogens with zero attached hydrogens (tertiary/aromatic N) is 2. The highest BCUT2D eigenvalue weighted by Gasteiger charge is 2.51. The van der Waals surface area contributed by atoms with Crippen molar-refractivity contribution in [3.8, 4) is 0 Å². The van der Waals surface area contributed by atoms with E-state index in [0.717, 1.165) is 24.2 Å². The Morgan fingerprint density at radius 3 is 2.48 bits per heavy atom. The standard InChI is InChI=1S/C20H26FN3O3/c1-3-11-23(12-14-5-6-14)17(25)13-24-18(26)20(4-2,22-19(24)27)15-7-9-16(21)10-8-15/h7-10,14H,3-6,11-13H2,1-2H3,(H,22,27)/t20-/m0/s1. The number of nitrogens with one attached hydrogen (secondary N) is 1. The predicted octanol–water partition coefficient (Wildman–Crippen LogP) is 2.63. The molecule has 7 heteroatoms. The number of hydrogen-bond acceptors (Lipinski definition) is 3. The third-order valence-electron chi connectivity index (χ3n) is 5.36. The van der Waals surface area contributed by atoms with E-state index in [1.807, 2.05) is 6.92 Å². The molecule has 146 valence electrons. The van der Waals surface area contributed by atoms with Gasteiger partial charge in [-0.2, -0.15) is 0 Å². The zero-order valence-electron chi connectivity index (χ0n) is 15.8. The summed E-state index contributed by atoms with van der Waals surface area (Å²) in [7, 11) is 0. The quantitative estimate of drug-likeness (QED) is 0.710. The Kier molecular flexibility index (Phi) is 5.48. The first-order valence-electron chi connectivity index (χ1n) is 9.59. The summed E-state index contributed by atoms with van der Waals surface area (Å²) in [5.74, 6) is -0.544. The van der Waals surface area contributed by atoms with Gasteiger partial charge in [-0.3, -0.25) is 14.5 Å². The lowest BCUT2D eigenvalue weighted by molar-refractivity contribution is -0.139. The number of imide groups is 1. The van der Waals surface area contributed by atoms with E-state index < -0.39 is 23.3 Å². The van der Waals surface area contributed by atoms with Gasteiger partial charge in [0.1, 0.15) is 17.9 Å². The van der Waals surface area contributed by atoms with Crippen LogP contribution in [-0.2, 0) is 15.1 Å². The average Bonchev–Trinajstić information content (AvgIpc) is 3.44. The lowest BCUT2D eigenvalue weighted by Crippen LogP contribution is -2.46. The Morgan fingerprint density at radius 2 is 1.93 bits per heavy atom. The second-order valence-corrected chi connectivity index (χ2v) is 7.37. The number of hydrogen-bond donors (Lipinski definition) is 1. The molecule has 1 heterocycles. The lowest BCUT2D eigenvalue weighted by Gasteiger charge is -2.27. The van der Waals surface area contributed by atoms with E-state index in [9.17, 15) is 18.8 Å². The zero-order chi connectivity index (χ0) is 19.6. The zero-order valence-corrected chi connectivity index (χ0v) is 15.8. The van der Waals surface area contributed by atoms with Gasteiger partial charge < -0.3 is 10.2 Å². The molecule has 1 saturated heterocycles. The lowest BCUT2D eigenvalue weighted by atomic mass is 9.87. The number of carbonyl (C=O) groups excluding carboxylic acids is 3. The van der Waals surface area contributed by atoms with E-state index in [2.05, 4.69) is 5.32 Å². The molecule has 1 atom stereocenters. The van der Waals surface area contributed by atoms with Crippen molar-refractivity contribution in [1.82, 2.24) is 15.1 Å². The molecular weight excluding hydrogens is 349 g/mol. The Labute approximate surface area is 158 Å². The minimum Gasteiger partial charge on any atom is -0.341 e. The van der Waals surface area contributed by atoms with Crippen LogP contribution in [0.25, 0.3) is 0 Å². The summed E-state index contributed by atoms with van der Waals surface area (Å²) in [6, 6.07) is 4.94. The molecule has 6 nitrogen and oxygen atoms in total. The summed E-state index contributed by atoms with van der Waals surface area (Å²) >= 11 is 0. The van der Waals surface area contributed by atoms with Crippen LogP contribution in [0.5, 0.6) is 0 Å². The maximum Gasteiger partial charge on any atom is 0.325 e. The summed E-state index contributed by atoms with van der Waals surface area (Å²) in [6.45, 7) is 4.82. The van der Waals surface area contributed by atoms with Crippen molar-refractivity contribution in [2.45, 2.75) is 45.1 Å². The Hall–Kier alpha value is -2.44. The molecule has 1 saturated carbocycles. The van der Waals surface area contributed by atoms with Crippen LogP contribution in [0.1, 0.15) is 45.1 Å². The van der Waals surface area contributed by atoms with E-state index in [0.29, 0.717) is 31.0 Å². The first kappa shape index (κ1) is 19.3. The normalized spacial score (nSPS) is 22.1. The third kappa shape index (κ3) is 3.82. The molecule has 1 aliphatic carbocycles. The molecule has 1 aliphatic heterocycles. The molecule has 0 spiro atoms. The van der Waals surface area contributed by atoms with Gasteiger partial charge in [0.25, 0.3) is 5.91 Å². The Bertz CT molecular complexity index is 732. The molecule has 3 rings (SSSR count). The van der Waals surface area contributed by atoms with Gasteiger partial charge in [-0.1, -0.05) is 26.0 Å². The number of urea groups is 1. The highest BCUT2D eigenvalue weighted by atomic mass is 19.1. The SMILES string of the molecule is CCCN(CC1CC1)C(=O)CN1C(=O)N[C@@](CC)(c2ccc(F)cc2)C1=O. The van der Waals surface area contributed by atoms with Crippen molar-refractivity contribution >= 4 is 17.8 Å². The first-order chi connectivity index (χ1) is 12.9. The summed E-state index contributed by atoms with van der Waals surface area (Å²) in [6.07, 6.45) is 3.39. The topological polar surface area (TPSA) is 69.7 Å². The van der Waals surface area contributed by atoms with Crippen LogP contribution in [0.3, 0.4) is 0 Å². The van der Waals surface area contributed by atoms with Crippen molar-refractivity contribution in [2.24, 2.45) is 5.92 Å². The number of halogens is 1. The van der Waals surface area contributed by atoms with Gasteiger partial charge in [0, 0.05) is 13.1 Å². The fourth-order valence-corrected chi connectivity index (χ4v) is 3.58.